The van der Waals surface area contributed by atoms with Crippen molar-refractivity contribution in [1.29, 1.82) is 0 Å². The number of amides is 4. The van der Waals surface area contributed by atoms with Gasteiger partial charge in [0.1, 0.15) is 29.8 Å². The molecule has 0 spiro atoms. The van der Waals surface area contributed by atoms with Gasteiger partial charge in [-0.25, -0.2) is 14.1 Å². The number of esters is 1. The predicted molar refractivity (Wildman–Crippen MR) is 308 cm³/mol. The maximum absolute atomic E-state index is 14.5. The van der Waals surface area contributed by atoms with E-state index < -0.39 is 35.0 Å². The molecule has 3 heterocycles. The minimum atomic E-state index is -1.05. The van der Waals surface area contributed by atoms with E-state index in [0.717, 1.165) is 78.5 Å². The Morgan fingerprint density at radius 1 is 0.910 bits per heavy atom. The number of unbranched alkanes of at least 4 members (excludes halogenated alkanes) is 2. The van der Waals surface area contributed by atoms with Crippen molar-refractivity contribution in [3.8, 4) is 11.5 Å². The Bertz CT molecular complexity index is 2690. The highest BCUT2D eigenvalue weighted by Crippen LogP contribution is 2.40. The molecule has 23 heteroatoms. The molecule has 1 aliphatic carbocycles. The Balaban J connectivity index is 0.000000235. The first-order valence-corrected chi connectivity index (χ1v) is 28.0. The Hall–Kier alpha value is -5.50. The number of benzene rings is 3. The van der Waals surface area contributed by atoms with Crippen molar-refractivity contribution in [3.63, 3.8) is 0 Å². The lowest BCUT2D eigenvalue weighted by Crippen LogP contribution is -2.47. The van der Waals surface area contributed by atoms with Crippen LogP contribution in [0.1, 0.15) is 105 Å². The number of fused-ring (bicyclic) bond motifs is 1. The summed E-state index contributed by atoms with van der Waals surface area (Å²) in [5.41, 5.74) is 4.60. The third kappa shape index (κ3) is 18.3. The van der Waals surface area contributed by atoms with Crippen LogP contribution in [0.15, 0.2) is 65.7 Å². The lowest BCUT2D eigenvalue weighted by atomic mass is 9.93. The molecule has 3 aromatic carbocycles. The van der Waals surface area contributed by atoms with Crippen molar-refractivity contribution in [2.24, 2.45) is 0 Å². The van der Waals surface area contributed by atoms with Crippen LogP contribution in [0.5, 0.6) is 11.5 Å². The number of alkyl halides is 3. The Morgan fingerprint density at radius 2 is 1.58 bits per heavy atom. The Labute approximate surface area is 481 Å². The molecule has 78 heavy (non-hydrogen) atoms. The summed E-state index contributed by atoms with van der Waals surface area (Å²) in [6.07, 6.45) is 6.28. The second kappa shape index (κ2) is 32.5. The smallest absolute Gasteiger partial charge is 0.344 e. The van der Waals surface area contributed by atoms with Crippen LogP contribution in [-0.2, 0) is 39.9 Å². The lowest BCUT2D eigenvalue weighted by Gasteiger charge is -2.35. The number of carbonyl (C=O) groups excluding carboxylic acids is 5. The summed E-state index contributed by atoms with van der Waals surface area (Å²) in [4.78, 5) is 76.3. The van der Waals surface area contributed by atoms with E-state index in [2.05, 4.69) is 38.6 Å². The summed E-state index contributed by atoms with van der Waals surface area (Å²) >= 11 is 28.8. The van der Waals surface area contributed by atoms with Gasteiger partial charge in [-0.1, -0.05) is 91.8 Å². The number of aryl methyl sites for hydroxylation is 2. The number of aromatic nitrogens is 3. The van der Waals surface area contributed by atoms with Gasteiger partial charge in [-0.15, -0.1) is 11.6 Å². The zero-order valence-corrected chi connectivity index (χ0v) is 49.3. The van der Waals surface area contributed by atoms with E-state index in [9.17, 15) is 28.4 Å². The molecule has 0 fully saturated rings. The number of methoxy groups -OCH3 is 1. The fourth-order valence-electron chi connectivity index (χ4n) is 8.45. The molecule has 0 radical (unpaired) electrons. The molecular formula is C55H70Cl5FN8O9. The van der Waals surface area contributed by atoms with Crippen LogP contribution in [0.3, 0.4) is 0 Å². The van der Waals surface area contributed by atoms with Gasteiger partial charge in [-0.2, -0.15) is 15.0 Å². The van der Waals surface area contributed by atoms with Gasteiger partial charge in [-0.3, -0.25) is 19.2 Å². The maximum atomic E-state index is 14.5. The lowest BCUT2D eigenvalue weighted by molar-refractivity contribution is -0.146. The topological polar surface area (TPSA) is 195 Å². The van der Waals surface area contributed by atoms with Gasteiger partial charge in [0.15, 0.2) is 11.4 Å². The van der Waals surface area contributed by atoms with Crippen molar-refractivity contribution in [2.45, 2.75) is 130 Å². The van der Waals surface area contributed by atoms with E-state index >= 15 is 0 Å². The average Bonchev–Trinajstić information content (AvgIpc) is 3.66. The number of imide groups is 1. The minimum Gasteiger partial charge on any atom is -0.489 e. The van der Waals surface area contributed by atoms with Gasteiger partial charge < -0.3 is 39.4 Å². The highest BCUT2D eigenvalue weighted by atomic mass is 35.5. The zero-order valence-electron chi connectivity index (χ0n) is 45.5. The predicted octanol–water partition coefficient (Wildman–Crippen LogP) is 11.9. The highest BCUT2D eigenvalue weighted by Gasteiger charge is 2.41. The van der Waals surface area contributed by atoms with Crippen molar-refractivity contribution in [2.75, 3.05) is 71.3 Å². The first-order chi connectivity index (χ1) is 37.2. The van der Waals surface area contributed by atoms with Crippen molar-refractivity contribution in [1.82, 2.24) is 15.0 Å². The van der Waals surface area contributed by atoms with Gasteiger partial charge >= 0.3 is 5.97 Å². The van der Waals surface area contributed by atoms with E-state index in [1.165, 1.54) is 6.07 Å². The molecule has 426 valence electrons. The van der Waals surface area contributed by atoms with Crippen LogP contribution in [0.25, 0.3) is 0 Å². The van der Waals surface area contributed by atoms with Crippen LogP contribution in [0.4, 0.5) is 33.3 Å². The van der Waals surface area contributed by atoms with E-state index in [1.807, 2.05) is 84.9 Å². The molecule has 7 rings (SSSR count). The molecule has 2 unspecified atom stereocenters. The van der Waals surface area contributed by atoms with Crippen molar-refractivity contribution in [3.05, 3.63) is 93.0 Å². The van der Waals surface area contributed by atoms with Crippen LogP contribution in [0, 0.1) is 12.7 Å². The second-order valence-corrected chi connectivity index (χ2v) is 20.5. The first-order valence-electron chi connectivity index (χ1n) is 25.8. The van der Waals surface area contributed by atoms with Crippen molar-refractivity contribution < 1.29 is 47.3 Å². The molecule has 4 aromatic rings. The number of ether oxygens (including phenoxy) is 4. The fourth-order valence-corrected chi connectivity index (χ4v) is 9.15. The number of anilines is 5. The summed E-state index contributed by atoms with van der Waals surface area (Å²) in [5, 5.41) is 6.16. The third-order valence-corrected chi connectivity index (χ3v) is 13.1. The minimum absolute atomic E-state index is 0.000883. The van der Waals surface area contributed by atoms with E-state index in [1.54, 1.807) is 16.9 Å². The maximum Gasteiger partial charge on any atom is 0.344 e. The summed E-state index contributed by atoms with van der Waals surface area (Å²) in [5.74, 6) is -1.15. The monoisotopic (exact) mass is 1180 g/mol. The molecular weight excluding hydrogens is 1110 g/mol. The van der Waals surface area contributed by atoms with Crippen LogP contribution >= 0.6 is 58.0 Å². The number of hydrogen-bond donors (Lipinski definition) is 2. The summed E-state index contributed by atoms with van der Waals surface area (Å²) in [6, 6.07) is 15.7. The van der Waals surface area contributed by atoms with E-state index in [4.69, 9.17) is 77.0 Å². The molecule has 17 nitrogen and oxygen atoms in total. The van der Waals surface area contributed by atoms with Gasteiger partial charge in [0, 0.05) is 36.9 Å². The first kappa shape index (κ1) is 65.0. The van der Waals surface area contributed by atoms with Crippen molar-refractivity contribution >= 4 is 117 Å². The number of halogens is 6. The molecule has 3 aliphatic rings. The third-order valence-electron chi connectivity index (χ3n) is 12.0. The Kier molecular flexibility index (Phi) is 27.1. The van der Waals surface area contributed by atoms with Gasteiger partial charge in [0.25, 0.3) is 17.7 Å². The van der Waals surface area contributed by atoms with E-state index in [0.29, 0.717) is 61.5 Å². The molecule has 2 aliphatic heterocycles. The van der Waals surface area contributed by atoms with Gasteiger partial charge in [-0.05, 0) is 121 Å². The largest absolute Gasteiger partial charge is 0.489 e. The van der Waals surface area contributed by atoms with E-state index in [-0.39, 0.29) is 57.6 Å². The number of para-hydroxylation sites is 3. The average molecular weight is 1180 g/mol. The fraction of sp³-hybridized carbons (Fsp3) is 0.491. The van der Waals surface area contributed by atoms with Crippen LogP contribution < -0.4 is 34.8 Å². The quantitative estimate of drug-likeness (QED) is 0.0389. The van der Waals surface area contributed by atoms with Crippen LogP contribution in [0.2, 0.25) is 10.3 Å². The number of carbonyl (C=O) groups is 5. The summed E-state index contributed by atoms with van der Waals surface area (Å²) in [6.45, 7) is 17.6. The van der Waals surface area contributed by atoms with Gasteiger partial charge in [0.2, 0.25) is 23.1 Å². The summed E-state index contributed by atoms with van der Waals surface area (Å²) < 4.78 is 35.7. The highest BCUT2D eigenvalue weighted by molar-refractivity contribution is 6.54. The standard InChI is InChI=1S/C21H23ClFNO5.C15H22ClNO2.C11H11Cl2NO2.C8H14ClN5/c1-2-3-6-9-28-19(25)12-29-18-11-17(16(23)10-15(18)22)24-20(26)13-7-4-5-8-14(13)21(24)27;1-5-13-8-6-7-11(2)15(13)17(14(18)9-16)12(3)10-19-4;1-7-6-16-9-5-3-2-4-8(9)14(7)11(15)10(12)13;1-4-10-7-12-6(9)13-8(14-7)11-5(2)3/h10-11H,2-9,12H2,1H3;6-8,12H,5,9-10H2,1-4H3;2-5,7,10H,6H2,1H3;5H,4H2,1-3H3,(H2,10,11,12,13,14). The Morgan fingerprint density at radius 3 is 2.18 bits per heavy atom. The molecule has 0 saturated heterocycles. The molecule has 0 bridgehead atoms. The van der Waals surface area contributed by atoms with Crippen LogP contribution in [-0.4, -0.2) is 113 Å². The molecule has 2 N–H and O–H groups in total. The number of rotatable bonds is 19. The number of hydrogen-bond acceptors (Lipinski definition) is 14. The second-order valence-electron chi connectivity index (χ2n) is 18.4. The number of nitrogens with zero attached hydrogens (tertiary/aromatic N) is 6. The molecule has 0 saturated carbocycles. The SMILES string of the molecule is CC1COc2ccccc2N1C(=O)C(Cl)Cl.CCCCCOC(=O)COc1cc(N2C(=O)C3=C(CCCC3)C2=O)c(F)cc1Cl.CCNc1nc(Cl)nc(NC(C)C)n1.CCc1cccc(C)c1N(C(=O)CCl)C(C)COC. The normalized spacial score (nSPS) is 14.9. The molecule has 2 atom stereocenters. The van der Waals surface area contributed by atoms with Gasteiger partial charge in [0.05, 0.1) is 47.4 Å². The summed E-state index contributed by atoms with van der Waals surface area (Å²) in [7, 11) is 1.64. The molecule has 1 aromatic heterocycles. The zero-order chi connectivity index (χ0) is 57.6. The molecule has 4 amide bonds. The number of nitrogens with one attached hydrogen (secondary N) is 2.